The zero-order chi connectivity index (χ0) is 20.4. The molecule has 0 aromatic heterocycles. The largest absolute Gasteiger partial charge is 0.497 e. The van der Waals surface area contributed by atoms with Crippen LogP contribution in [-0.2, 0) is 16.4 Å². The van der Waals surface area contributed by atoms with E-state index in [1.165, 1.54) is 11.8 Å². The number of sulfone groups is 1. The van der Waals surface area contributed by atoms with E-state index in [9.17, 15) is 13.2 Å². The van der Waals surface area contributed by atoms with Gasteiger partial charge in [-0.05, 0) is 35.9 Å². The van der Waals surface area contributed by atoms with Gasteiger partial charge in [0.05, 0.1) is 24.7 Å². The van der Waals surface area contributed by atoms with Crippen LogP contribution in [-0.4, -0.2) is 49.4 Å². The van der Waals surface area contributed by atoms with Crippen LogP contribution >= 0.6 is 11.8 Å². The summed E-state index contributed by atoms with van der Waals surface area (Å²) >= 11 is 1.45. The summed E-state index contributed by atoms with van der Waals surface area (Å²) in [4.78, 5) is 17.0. The average Bonchev–Trinajstić information content (AvgIpc) is 3.18. The number of rotatable bonds is 5. The molecular weight excluding hydrogens is 410 g/mol. The lowest BCUT2D eigenvalue weighted by molar-refractivity contribution is 0.0951. The lowest BCUT2D eigenvalue weighted by Crippen LogP contribution is -2.23. The molecule has 2 aromatic carbocycles. The minimum Gasteiger partial charge on any atom is -0.497 e. The third-order valence-electron chi connectivity index (χ3n) is 4.78. The van der Waals surface area contributed by atoms with Crippen LogP contribution in [0.5, 0.6) is 5.75 Å². The van der Waals surface area contributed by atoms with E-state index in [1.54, 1.807) is 25.3 Å². The SMILES string of the molecule is COc1cccc(CNC(=O)c2cccc(NC3=N[C@@H]4CS(=O)(=O)C[C@H]4S3)c2)c1. The smallest absolute Gasteiger partial charge is 0.251 e. The van der Waals surface area contributed by atoms with Gasteiger partial charge in [0.2, 0.25) is 0 Å². The van der Waals surface area contributed by atoms with E-state index in [1.807, 2.05) is 30.3 Å². The number of anilines is 1. The Balaban J connectivity index is 1.38. The Labute approximate surface area is 173 Å². The van der Waals surface area contributed by atoms with Crippen molar-refractivity contribution in [1.29, 1.82) is 0 Å². The van der Waals surface area contributed by atoms with Crippen molar-refractivity contribution in [2.45, 2.75) is 17.8 Å². The number of amidine groups is 1. The molecule has 0 aliphatic carbocycles. The van der Waals surface area contributed by atoms with E-state index < -0.39 is 9.84 Å². The molecule has 152 valence electrons. The average molecular weight is 432 g/mol. The number of ether oxygens (including phenoxy) is 1. The van der Waals surface area contributed by atoms with Crippen molar-refractivity contribution in [2.75, 3.05) is 23.9 Å². The van der Waals surface area contributed by atoms with Gasteiger partial charge in [0, 0.05) is 23.0 Å². The van der Waals surface area contributed by atoms with Crippen molar-refractivity contribution in [2.24, 2.45) is 4.99 Å². The fourth-order valence-electron chi connectivity index (χ4n) is 3.34. The van der Waals surface area contributed by atoms with Crippen LogP contribution in [0.2, 0.25) is 0 Å². The minimum absolute atomic E-state index is 0.0168. The fourth-order valence-corrected chi connectivity index (χ4v) is 7.02. The van der Waals surface area contributed by atoms with Gasteiger partial charge in [-0.2, -0.15) is 0 Å². The molecule has 0 radical (unpaired) electrons. The van der Waals surface area contributed by atoms with Crippen LogP contribution in [0.1, 0.15) is 15.9 Å². The van der Waals surface area contributed by atoms with E-state index in [-0.39, 0.29) is 28.7 Å². The number of hydrogen-bond donors (Lipinski definition) is 2. The van der Waals surface area contributed by atoms with E-state index in [4.69, 9.17) is 4.74 Å². The number of aliphatic imine (C=N–C) groups is 1. The molecule has 2 aromatic rings. The molecule has 2 N–H and O–H groups in total. The fraction of sp³-hybridized carbons (Fsp3) is 0.300. The molecule has 1 amide bonds. The first kappa shape index (κ1) is 19.8. The molecule has 0 spiro atoms. The Bertz CT molecular complexity index is 1070. The number of benzene rings is 2. The third-order valence-corrected chi connectivity index (χ3v) is 7.92. The second-order valence-electron chi connectivity index (χ2n) is 6.97. The Morgan fingerprint density at radius 3 is 2.83 bits per heavy atom. The Morgan fingerprint density at radius 2 is 2.03 bits per heavy atom. The van der Waals surface area contributed by atoms with Crippen LogP contribution in [0.4, 0.5) is 5.69 Å². The van der Waals surface area contributed by atoms with E-state index in [0.29, 0.717) is 17.3 Å². The molecule has 1 fully saturated rings. The molecule has 9 heteroatoms. The van der Waals surface area contributed by atoms with Crippen LogP contribution in [0.3, 0.4) is 0 Å². The number of amides is 1. The number of fused-ring (bicyclic) bond motifs is 1. The zero-order valence-corrected chi connectivity index (χ0v) is 17.4. The first-order valence-corrected chi connectivity index (χ1v) is 11.8. The number of methoxy groups -OCH3 is 1. The van der Waals surface area contributed by atoms with Gasteiger partial charge in [-0.25, -0.2) is 8.42 Å². The van der Waals surface area contributed by atoms with Gasteiger partial charge in [0.25, 0.3) is 5.91 Å². The molecule has 2 aliphatic heterocycles. The molecular formula is C20H21N3O4S2. The molecule has 7 nitrogen and oxygen atoms in total. The predicted octanol–water partition coefficient (Wildman–Crippen LogP) is 2.31. The van der Waals surface area contributed by atoms with Gasteiger partial charge in [-0.1, -0.05) is 30.0 Å². The molecule has 0 saturated carbocycles. The van der Waals surface area contributed by atoms with E-state index >= 15 is 0 Å². The predicted molar refractivity (Wildman–Crippen MR) is 115 cm³/mol. The molecule has 2 heterocycles. The maximum atomic E-state index is 12.5. The monoisotopic (exact) mass is 431 g/mol. The zero-order valence-electron chi connectivity index (χ0n) is 15.8. The molecule has 4 rings (SSSR count). The second kappa shape index (κ2) is 8.08. The molecule has 0 unspecified atom stereocenters. The highest BCUT2D eigenvalue weighted by Crippen LogP contribution is 2.34. The number of thioether (sulfide) groups is 1. The topological polar surface area (TPSA) is 96.9 Å². The summed E-state index contributed by atoms with van der Waals surface area (Å²) in [5, 5.41) is 6.79. The van der Waals surface area contributed by atoms with Crippen molar-refractivity contribution in [3.8, 4) is 5.75 Å². The number of nitrogens with one attached hydrogen (secondary N) is 2. The van der Waals surface area contributed by atoms with Crippen molar-refractivity contribution >= 4 is 38.4 Å². The van der Waals surface area contributed by atoms with Crippen molar-refractivity contribution < 1.29 is 17.9 Å². The van der Waals surface area contributed by atoms with Gasteiger partial charge in [0.15, 0.2) is 15.0 Å². The Hall–Kier alpha value is -2.52. The van der Waals surface area contributed by atoms with Gasteiger partial charge in [-0.15, -0.1) is 0 Å². The number of hydrogen-bond acceptors (Lipinski definition) is 7. The summed E-state index contributed by atoms with van der Waals surface area (Å²) in [5.41, 5.74) is 2.22. The van der Waals surface area contributed by atoms with E-state index in [0.717, 1.165) is 17.0 Å². The van der Waals surface area contributed by atoms with Crippen molar-refractivity contribution in [1.82, 2.24) is 5.32 Å². The second-order valence-corrected chi connectivity index (χ2v) is 10.4. The van der Waals surface area contributed by atoms with Crippen LogP contribution in [0.15, 0.2) is 53.5 Å². The van der Waals surface area contributed by atoms with Crippen molar-refractivity contribution in [3.63, 3.8) is 0 Å². The molecule has 29 heavy (non-hydrogen) atoms. The van der Waals surface area contributed by atoms with Gasteiger partial charge < -0.3 is 15.4 Å². The highest BCUT2D eigenvalue weighted by molar-refractivity contribution is 8.15. The molecule has 0 bridgehead atoms. The lowest BCUT2D eigenvalue weighted by atomic mass is 10.1. The summed E-state index contributed by atoms with van der Waals surface area (Å²) in [6, 6.07) is 14.5. The Morgan fingerprint density at radius 1 is 1.21 bits per heavy atom. The van der Waals surface area contributed by atoms with Crippen LogP contribution in [0.25, 0.3) is 0 Å². The highest BCUT2D eigenvalue weighted by Gasteiger charge is 2.42. The van der Waals surface area contributed by atoms with Gasteiger partial charge >= 0.3 is 0 Å². The quantitative estimate of drug-likeness (QED) is 0.754. The lowest BCUT2D eigenvalue weighted by Gasteiger charge is -2.10. The van der Waals surface area contributed by atoms with Crippen LogP contribution < -0.4 is 15.4 Å². The summed E-state index contributed by atoms with van der Waals surface area (Å²) in [5.74, 6) is 0.850. The number of carbonyl (C=O) groups excluding carboxylic acids is 1. The summed E-state index contributed by atoms with van der Waals surface area (Å²) in [6.07, 6.45) is 0. The highest BCUT2D eigenvalue weighted by atomic mass is 32.2. The molecule has 2 atom stereocenters. The number of carbonyl (C=O) groups is 1. The Kier molecular flexibility index (Phi) is 5.51. The normalized spacial score (nSPS) is 21.9. The molecule has 2 aliphatic rings. The first-order chi connectivity index (χ1) is 13.9. The summed E-state index contributed by atoms with van der Waals surface area (Å²) in [7, 11) is -1.36. The first-order valence-electron chi connectivity index (χ1n) is 9.15. The minimum atomic E-state index is -2.97. The standard InChI is InChI=1S/C20H21N3O4S2/c1-27-16-7-2-4-13(8-16)10-21-19(24)14-5-3-6-15(9-14)22-20-23-17-11-29(25,26)12-18(17)28-20/h2-9,17-18H,10-12H2,1H3,(H,21,24)(H,22,23)/t17-,18-/m1/s1. The molecule has 1 saturated heterocycles. The summed E-state index contributed by atoms with van der Waals surface area (Å²) < 4.78 is 28.5. The van der Waals surface area contributed by atoms with Crippen LogP contribution in [0, 0.1) is 0 Å². The van der Waals surface area contributed by atoms with Crippen molar-refractivity contribution in [3.05, 3.63) is 59.7 Å². The maximum Gasteiger partial charge on any atom is 0.251 e. The summed E-state index contributed by atoms with van der Waals surface area (Å²) in [6.45, 7) is 0.397. The maximum absolute atomic E-state index is 12.5. The number of nitrogens with zero attached hydrogens (tertiary/aromatic N) is 1. The van der Waals surface area contributed by atoms with Gasteiger partial charge in [0.1, 0.15) is 5.75 Å². The van der Waals surface area contributed by atoms with E-state index in [2.05, 4.69) is 15.6 Å². The van der Waals surface area contributed by atoms with Gasteiger partial charge in [-0.3, -0.25) is 9.79 Å². The third kappa shape index (κ3) is 4.73.